The van der Waals surface area contributed by atoms with Crippen molar-refractivity contribution in [2.24, 2.45) is 10.9 Å². The molecule has 0 saturated heterocycles. The molecule has 4 nitrogen and oxygen atoms in total. The first-order valence-corrected chi connectivity index (χ1v) is 8.10. The zero-order valence-electron chi connectivity index (χ0n) is 14.1. The topological polar surface area (TPSA) is 39.7 Å². The molecular formula is C15H30F3IN4. The van der Waals surface area contributed by atoms with Crippen LogP contribution >= 0.6 is 24.0 Å². The SMILES string of the molecule is CN=C(NCCCC1CCCC1)NCCN(C)CC(F)(F)F.I. The Morgan fingerprint density at radius 3 is 2.35 bits per heavy atom. The molecule has 23 heavy (non-hydrogen) atoms. The van der Waals surface area contributed by atoms with Crippen molar-refractivity contribution in [1.29, 1.82) is 0 Å². The molecule has 0 spiro atoms. The zero-order valence-corrected chi connectivity index (χ0v) is 16.4. The summed E-state index contributed by atoms with van der Waals surface area (Å²) in [5, 5.41) is 6.26. The Labute approximate surface area is 154 Å². The Kier molecular flexibility index (Phi) is 12.0. The fourth-order valence-corrected chi connectivity index (χ4v) is 2.87. The fraction of sp³-hybridized carbons (Fsp3) is 0.933. The van der Waals surface area contributed by atoms with Gasteiger partial charge in [-0.25, -0.2) is 0 Å². The number of aliphatic imine (C=N–C) groups is 1. The fourth-order valence-electron chi connectivity index (χ4n) is 2.87. The third-order valence-corrected chi connectivity index (χ3v) is 4.02. The predicted molar refractivity (Wildman–Crippen MR) is 99.5 cm³/mol. The van der Waals surface area contributed by atoms with Gasteiger partial charge in [0.05, 0.1) is 6.54 Å². The summed E-state index contributed by atoms with van der Waals surface area (Å²) in [4.78, 5) is 5.33. The third kappa shape index (κ3) is 11.9. The highest BCUT2D eigenvalue weighted by atomic mass is 127. The van der Waals surface area contributed by atoms with Gasteiger partial charge in [-0.3, -0.25) is 9.89 Å². The molecule has 1 saturated carbocycles. The number of hydrogen-bond donors (Lipinski definition) is 2. The maximum Gasteiger partial charge on any atom is 0.401 e. The first-order valence-electron chi connectivity index (χ1n) is 8.10. The van der Waals surface area contributed by atoms with Gasteiger partial charge in [0, 0.05) is 26.7 Å². The summed E-state index contributed by atoms with van der Waals surface area (Å²) in [5.74, 6) is 1.54. The first-order chi connectivity index (χ1) is 10.4. The molecule has 0 unspecified atom stereocenters. The largest absolute Gasteiger partial charge is 0.401 e. The van der Waals surface area contributed by atoms with Gasteiger partial charge in [0.15, 0.2) is 5.96 Å². The normalized spacial score (nSPS) is 16.5. The van der Waals surface area contributed by atoms with Crippen LogP contribution < -0.4 is 10.6 Å². The molecule has 0 bridgehead atoms. The van der Waals surface area contributed by atoms with Crippen LogP contribution in [0.25, 0.3) is 0 Å². The number of likely N-dealkylation sites (N-methyl/N-ethyl adjacent to an activating group) is 1. The molecule has 1 fully saturated rings. The van der Waals surface area contributed by atoms with Gasteiger partial charge in [-0.15, -0.1) is 24.0 Å². The molecule has 0 aromatic carbocycles. The van der Waals surface area contributed by atoms with Crippen LogP contribution in [-0.2, 0) is 0 Å². The van der Waals surface area contributed by atoms with Crippen molar-refractivity contribution in [2.45, 2.75) is 44.7 Å². The van der Waals surface area contributed by atoms with Crippen LogP contribution in [-0.4, -0.2) is 57.3 Å². The van der Waals surface area contributed by atoms with E-state index in [0.717, 1.165) is 18.9 Å². The Hall–Kier alpha value is -0.250. The van der Waals surface area contributed by atoms with Crippen molar-refractivity contribution in [1.82, 2.24) is 15.5 Å². The Bertz CT molecular complexity index is 331. The standard InChI is InChI=1S/C15H29F3N4.HI/c1-19-14(20-9-5-8-13-6-3-4-7-13)21-10-11-22(2)12-15(16,17)18;/h13H,3-12H2,1-2H3,(H2,19,20,21);1H. The van der Waals surface area contributed by atoms with Crippen LogP contribution in [0.2, 0.25) is 0 Å². The van der Waals surface area contributed by atoms with Gasteiger partial charge in [-0.2, -0.15) is 13.2 Å². The maximum atomic E-state index is 12.2. The molecule has 0 radical (unpaired) electrons. The minimum atomic E-state index is -4.14. The average Bonchev–Trinajstić information content (AvgIpc) is 2.92. The minimum Gasteiger partial charge on any atom is -0.356 e. The van der Waals surface area contributed by atoms with Crippen LogP contribution in [0.1, 0.15) is 38.5 Å². The number of nitrogens with one attached hydrogen (secondary N) is 2. The monoisotopic (exact) mass is 450 g/mol. The van der Waals surface area contributed by atoms with Crippen molar-refractivity contribution < 1.29 is 13.2 Å². The second-order valence-corrected chi connectivity index (χ2v) is 6.07. The molecule has 1 aliphatic rings. The van der Waals surface area contributed by atoms with Crippen LogP contribution in [0.5, 0.6) is 0 Å². The van der Waals surface area contributed by atoms with Crippen molar-refractivity contribution in [3.63, 3.8) is 0 Å². The number of rotatable bonds is 8. The van der Waals surface area contributed by atoms with E-state index in [2.05, 4.69) is 15.6 Å². The summed E-state index contributed by atoms with van der Waals surface area (Å²) in [6, 6.07) is 0. The Morgan fingerprint density at radius 2 is 1.78 bits per heavy atom. The van der Waals surface area contributed by atoms with E-state index in [9.17, 15) is 13.2 Å². The second kappa shape index (κ2) is 12.2. The van der Waals surface area contributed by atoms with Crippen molar-refractivity contribution in [2.75, 3.05) is 40.3 Å². The lowest BCUT2D eigenvalue weighted by atomic mass is 10.0. The van der Waals surface area contributed by atoms with E-state index >= 15 is 0 Å². The first kappa shape index (κ1) is 22.8. The van der Waals surface area contributed by atoms with E-state index in [4.69, 9.17) is 0 Å². The van der Waals surface area contributed by atoms with Crippen LogP contribution in [0.3, 0.4) is 0 Å². The summed E-state index contributed by atoms with van der Waals surface area (Å²) in [6.45, 7) is 0.730. The van der Waals surface area contributed by atoms with E-state index in [-0.39, 0.29) is 24.0 Å². The van der Waals surface area contributed by atoms with E-state index in [1.54, 1.807) is 7.05 Å². The molecule has 0 heterocycles. The highest BCUT2D eigenvalue weighted by molar-refractivity contribution is 14.0. The summed E-state index contributed by atoms with van der Waals surface area (Å²) < 4.78 is 36.6. The molecule has 0 aromatic rings. The lowest BCUT2D eigenvalue weighted by molar-refractivity contribution is -0.142. The Balaban J connectivity index is 0.00000484. The summed E-state index contributed by atoms with van der Waals surface area (Å²) >= 11 is 0. The smallest absolute Gasteiger partial charge is 0.356 e. The van der Waals surface area contributed by atoms with E-state index in [1.165, 1.54) is 44.1 Å². The summed E-state index contributed by atoms with van der Waals surface area (Å²) in [7, 11) is 3.14. The summed E-state index contributed by atoms with van der Waals surface area (Å²) in [6.07, 6.45) is 3.67. The summed E-state index contributed by atoms with van der Waals surface area (Å²) in [5.41, 5.74) is 0. The molecule has 8 heteroatoms. The van der Waals surface area contributed by atoms with E-state index in [0.29, 0.717) is 19.0 Å². The molecule has 0 atom stereocenters. The van der Waals surface area contributed by atoms with Crippen molar-refractivity contribution in [3.05, 3.63) is 0 Å². The minimum absolute atomic E-state index is 0. The number of alkyl halides is 3. The number of guanidine groups is 1. The molecule has 1 rings (SSSR count). The van der Waals surface area contributed by atoms with Gasteiger partial charge in [0.1, 0.15) is 0 Å². The third-order valence-electron chi connectivity index (χ3n) is 4.02. The lowest BCUT2D eigenvalue weighted by Crippen LogP contribution is -2.42. The van der Waals surface area contributed by atoms with Crippen LogP contribution in [0.15, 0.2) is 4.99 Å². The number of halogens is 4. The number of hydrogen-bond acceptors (Lipinski definition) is 2. The highest BCUT2D eigenvalue weighted by Crippen LogP contribution is 2.28. The van der Waals surface area contributed by atoms with Crippen LogP contribution in [0.4, 0.5) is 13.2 Å². The lowest BCUT2D eigenvalue weighted by Gasteiger charge is -2.19. The van der Waals surface area contributed by atoms with Crippen LogP contribution in [0, 0.1) is 5.92 Å². The van der Waals surface area contributed by atoms with Crippen molar-refractivity contribution >= 4 is 29.9 Å². The molecular weight excluding hydrogens is 420 g/mol. The second-order valence-electron chi connectivity index (χ2n) is 6.07. The van der Waals surface area contributed by atoms with Gasteiger partial charge in [-0.1, -0.05) is 25.7 Å². The molecule has 1 aliphatic carbocycles. The van der Waals surface area contributed by atoms with Gasteiger partial charge < -0.3 is 10.6 Å². The van der Waals surface area contributed by atoms with Gasteiger partial charge in [0.25, 0.3) is 0 Å². The van der Waals surface area contributed by atoms with E-state index < -0.39 is 12.7 Å². The molecule has 0 amide bonds. The molecule has 138 valence electrons. The van der Waals surface area contributed by atoms with Gasteiger partial charge in [0.2, 0.25) is 0 Å². The van der Waals surface area contributed by atoms with Crippen molar-refractivity contribution in [3.8, 4) is 0 Å². The van der Waals surface area contributed by atoms with Gasteiger partial charge >= 0.3 is 6.18 Å². The van der Waals surface area contributed by atoms with Gasteiger partial charge in [-0.05, 0) is 25.8 Å². The molecule has 0 aliphatic heterocycles. The zero-order chi connectivity index (χ0) is 16.4. The molecule has 2 N–H and O–H groups in total. The number of nitrogens with zero attached hydrogens (tertiary/aromatic N) is 2. The predicted octanol–water partition coefficient (Wildman–Crippen LogP) is 3.23. The molecule has 0 aromatic heterocycles. The Morgan fingerprint density at radius 1 is 1.17 bits per heavy atom. The maximum absolute atomic E-state index is 12.2. The highest BCUT2D eigenvalue weighted by Gasteiger charge is 2.28. The van der Waals surface area contributed by atoms with E-state index in [1.807, 2.05) is 0 Å². The average molecular weight is 450 g/mol. The quantitative estimate of drug-likeness (QED) is 0.258.